The van der Waals surface area contributed by atoms with E-state index in [0.29, 0.717) is 0 Å². The molecular weight excluding hydrogens is 236 g/mol. The molecule has 0 amide bonds. The van der Waals surface area contributed by atoms with Gasteiger partial charge in [-0.15, -0.1) is 0 Å². The van der Waals surface area contributed by atoms with Crippen LogP contribution in [0.4, 0.5) is 0 Å². The van der Waals surface area contributed by atoms with Gasteiger partial charge in [-0.25, -0.2) is 0 Å². The molecule has 4 heteroatoms. The first-order chi connectivity index (χ1) is 6.29. The highest BCUT2D eigenvalue weighted by molar-refractivity contribution is 8.91. The number of hydrogen-bond donors (Lipinski definition) is 0. The Morgan fingerprint density at radius 3 is 2.00 bits per heavy atom. The van der Waals surface area contributed by atoms with E-state index in [2.05, 4.69) is 12.1 Å². The van der Waals surface area contributed by atoms with Gasteiger partial charge >= 0.3 is 0 Å². The fourth-order valence-corrected chi connectivity index (χ4v) is 4.55. The SMILES string of the molecule is S=C1SSC(=S)C1c1ccccc1. The van der Waals surface area contributed by atoms with Crippen molar-refractivity contribution in [1.29, 1.82) is 0 Å². The lowest BCUT2D eigenvalue weighted by Crippen LogP contribution is -2.06. The highest BCUT2D eigenvalue weighted by atomic mass is 33.1. The Labute approximate surface area is 95.9 Å². The summed E-state index contributed by atoms with van der Waals surface area (Å²) in [6, 6.07) is 10.2. The van der Waals surface area contributed by atoms with Gasteiger partial charge in [-0.05, 0) is 27.2 Å². The van der Waals surface area contributed by atoms with Gasteiger partial charge in [0.1, 0.15) is 0 Å². The molecule has 0 atom stereocenters. The van der Waals surface area contributed by atoms with Crippen LogP contribution in [0.5, 0.6) is 0 Å². The first-order valence-corrected chi connectivity index (χ1v) is 6.73. The van der Waals surface area contributed by atoms with E-state index in [9.17, 15) is 0 Å². The van der Waals surface area contributed by atoms with Crippen LogP contribution in [0, 0.1) is 0 Å². The fraction of sp³-hybridized carbons (Fsp3) is 0.111. The standard InChI is InChI=1S/C9H6S4/c10-8-7(9(11)13-12-8)6-4-2-1-3-5-6/h1-5,7H. The molecule has 0 aliphatic carbocycles. The zero-order chi connectivity index (χ0) is 9.26. The van der Waals surface area contributed by atoms with Crippen LogP contribution in [0.3, 0.4) is 0 Å². The molecule has 1 aromatic rings. The van der Waals surface area contributed by atoms with E-state index in [1.54, 1.807) is 21.6 Å². The van der Waals surface area contributed by atoms with Crippen LogP contribution < -0.4 is 0 Å². The molecule has 0 N–H and O–H groups in total. The molecule has 0 aromatic heterocycles. The predicted molar refractivity (Wildman–Crippen MR) is 69.6 cm³/mol. The average molecular weight is 242 g/mol. The minimum absolute atomic E-state index is 0.196. The van der Waals surface area contributed by atoms with Crippen LogP contribution in [0.15, 0.2) is 30.3 Å². The van der Waals surface area contributed by atoms with Gasteiger partial charge in [0, 0.05) is 0 Å². The normalized spacial score (nSPS) is 18.2. The second-order valence-electron chi connectivity index (χ2n) is 2.65. The Hall–Kier alpha value is 0.1000. The number of hydrogen-bond acceptors (Lipinski definition) is 4. The summed E-state index contributed by atoms with van der Waals surface area (Å²) in [5.74, 6) is 0.196. The van der Waals surface area contributed by atoms with Gasteiger partial charge in [0.25, 0.3) is 0 Å². The Balaban J connectivity index is 2.36. The molecule has 0 nitrogen and oxygen atoms in total. The third-order valence-electron chi connectivity index (χ3n) is 1.81. The van der Waals surface area contributed by atoms with Gasteiger partial charge in [0.15, 0.2) is 0 Å². The summed E-state index contributed by atoms with van der Waals surface area (Å²) in [6.07, 6.45) is 0. The molecule has 2 rings (SSSR count). The van der Waals surface area contributed by atoms with Crippen LogP contribution in [0.1, 0.15) is 11.5 Å². The molecule has 1 saturated heterocycles. The molecule has 66 valence electrons. The van der Waals surface area contributed by atoms with E-state index in [-0.39, 0.29) is 5.92 Å². The Morgan fingerprint density at radius 2 is 1.46 bits per heavy atom. The van der Waals surface area contributed by atoms with E-state index >= 15 is 0 Å². The van der Waals surface area contributed by atoms with Crippen molar-refractivity contribution >= 4 is 54.4 Å². The number of thiocarbonyl (C=S) groups is 2. The van der Waals surface area contributed by atoms with Crippen molar-refractivity contribution in [2.75, 3.05) is 0 Å². The minimum Gasteiger partial charge on any atom is -0.0754 e. The summed E-state index contributed by atoms with van der Waals surface area (Å²) in [6.45, 7) is 0. The van der Waals surface area contributed by atoms with Crippen molar-refractivity contribution < 1.29 is 0 Å². The smallest absolute Gasteiger partial charge is 0.0724 e. The highest BCUT2D eigenvalue weighted by Crippen LogP contribution is 2.45. The Kier molecular flexibility index (Phi) is 3.03. The molecule has 1 aliphatic rings. The molecule has 1 fully saturated rings. The van der Waals surface area contributed by atoms with Gasteiger partial charge in [-0.3, -0.25) is 0 Å². The minimum atomic E-state index is 0.196. The van der Waals surface area contributed by atoms with Crippen LogP contribution >= 0.6 is 46.0 Å². The molecule has 1 heterocycles. The molecule has 0 saturated carbocycles. The summed E-state index contributed by atoms with van der Waals surface area (Å²) in [7, 11) is 3.23. The molecule has 0 unspecified atom stereocenters. The summed E-state index contributed by atoms with van der Waals surface area (Å²) >= 11 is 10.5. The Bertz CT molecular complexity index is 328. The van der Waals surface area contributed by atoms with Crippen molar-refractivity contribution in [3.05, 3.63) is 35.9 Å². The van der Waals surface area contributed by atoms with Gasteiger partial charge in [0.2, 0.25) is 0 Å². The topological polar surface area (TPSA) is 0 Å². The average Bonchev–Trinajstić information content (AvgIpc) is 2.48. The first kappa shape index (κ1) is 9.65. The monoisotopic (exact) mass is 242 g/mol. The van der Waals surface area contributed by atoms with Crippen molar-refractivity contribution in [1.82, 2.24) is 0 Å². The zero-order valence-corrected chi connectivity index (χ0v) is 9.86. The van der Waals surface area contributed by atoms with E-state index in [1.807, 2.05) is 18.2 Å². The molecular formula is C9H6S4. The summed E-state index contributed by atoms with van der Waals surface area (Å²) in [5.41, 5.74) is 1.22. The van der Waals surface area contributed by atoms with Gasteiger partial charge < -0.3 is 0 Å². The van der Waals surface area contributed by atoms with Gasteiger partial charge in [-0.1, -0.05) is 54.8 Å². The quantitative estimate of drug-likeness (QED) is 0.542. The van der Waals surface area contributed by atoms with E-state index in [1.165, 1.54) is 5.56 Å². The third-order valence-corrected chi connectivity index (χ3v) is 5.63. The molecule has 0 radical (unpaired) electrons. The van der Waals surface area contributed by atoms with Gasteiger partial charge in [-0.2, -0.15) is 0 Å². The Morgan fingerprint density at radius 1 is 0.923 bits per heavy atom. The second kappa shape index (κ2) is 4.09. The lowest BCUT2D eigenvalue weighted by molar-refractivity contribution is 1.29. The largest absolute Gasteiger partial charge is 0.0754 e. The molecule has 1 aliphatic heterocycles. The molecule has 0 bridgehead atoms. The predicted octanol–water partition coefficient (Wildman–Crippen LogP) is 3.82. The fourth-order valence-electron chi connectivity index (χ4n) is 1.19. The van der Waals surface area contributed by atoms with Crippen molar-refractivity contribution in [2.24, 2.45) is 0 Å². The molecule has 0 spiro atoms. The van der Waals surface area contributed by atoms with Crippen molar-refractivity contribution in [2.45, 2.75) is 5.92 Å². The summed E-state index contributed by atoms with van der Waals surface area (Å²) < 4.78 is 1.97. The maximum absolute atomic E-state index is 5.25. The van der Waals surface area contributed by atoms with E-state index < -0.39 is 0 Å². The lowest BCUT2D eigenvalue weighted by atomic mass is 10.0. The van der Waals surface area contributed by atoms with Crippen molar-refractivity contribution in [3.8, 4) is 0 Å². The first-order valence-electron chi connectivity index (χ1n) is 3.76. The highest BCUT2D eigenvalue weighted by Gasteiger charge is 2.29. The number of benzene rings is 1. The van der Waals surface area contributed by atoms with Crippen LogP contribution in [-0.4, -0.2) is 8.39 Å². The lowest BCUT2D eigenvalue weighted by Gasteiger charge is -2.07. The maximum Gasteiger partial charge on any atom is 0.0724 e. The zero-order valence-electron chi connectivity index (χ0n) is 6.60. The molecule has 13 heavy (non-hydrogen) atoms. The van der Waals surface area contributed by atoms with Crippen LogP contribution in [0.2, 0.25) is 0 Å². The van der Waals surface area contributed by atoms with E-state index in [4.69, 9.17) is 24.4 Å². The van der Waals surface area contributed by atoms with Crippen LogP contribution in [0.25, 0.3) is 0 Å². The summed E-state index contributed by atoms with van der Waals surface area (Å²) in [4.78, 5) is 0. The maximum atomic E-state index is 5.25. The van der Waals surface area contributed by atoms with Crippen molar-refractivity contribution in [3.63, 3.8) is 0 Å². The second-order valence-corrected chi connectivity index (χ2v) is 6.26. The van der Waals surface area contributed by atoms with E-state index in [0.717, 1.165) is 8.39 Å². The van der Waals surface area contributed by atoms with Gasteiger partial charge in [0.05, 0.1) is 14.3 Å². The third kappa shape index (κ3) is 1.96. The molecule has 1 aromatic carbocycles. The van der Waals surface area contributed by atoms with Crippen LogP contribution in [-0.2, 0) is 0 Å². The summed E-state index contributed by atoms with van der Waals surface area (Å²) in [5, 5.41) is 0. The number of rotatable bonds is 1.